The summed E-state index contributed by atoms with van der Waals surface area (Å²) in [7, 11) is 0. The van der Waals surface area contributed by atoms with Crippen LogP contribution in [0.5, 0.6) is 0 Å². The molecule has 4 rings (SSSR count). The molecule has 1 atom stereocenters. The second kappa shape index (κ2) is 9.02. The van der Waals surface area contributed by atoms with Crippen LogP contribution in [0.15, 0.2) is 46.4 Å². The van der Waals surface area contributed by atoms with Crippen molar-refractivity contribution in [1.29, 1.82) is 0 Å². The van der Waals surface area contributed by atoms with Crippen LogP contribution in [0.1, 0.15) is 63.1 Å². The van der Waals surface area contributed by atoms with Crippen molar-refractivity contribution >= 4 is 51.2 Å². The van der Waals surface area contributed by atoms with Crippen LogP contribution in [-0.4, -0.2) is 29.9 Å². The first-order chi connectivity index (χ1) is 16.0. The molecule has 1 unspecified atom stereocenters. The predicted molar refractivity (Wildman–Crippen MR) is 139 cm³/mol. The molecule has 7 heteroatoms. The third-order valence-electron chi connectivity index (χ3n) is 6.67. The molecular formula is C27H30BrN3O3. The number of hydrogen-bond acceptors (Lipinski definition) is 4. The Morgan fingerprint density at radius 3 is 2.50 bits per heavy atom. The first-order valence-corrected chi connectivity index (χ1v) is 12.4. The molecule has 1 saturated heterocycles. The lowest BCUT2D eigenvalue weighted by molar-refractivity contribution is -0.122. The molecule has 6 nitrogen and oxygen atoms in total. The maximum Gasteiger partial charge on any atom is 0.335 e. The van der Waals surface area contributed by atoms with Crippen LogP contribution < -0.4 is 15.1 Å². The van der Waals surface area contributed by atoms with Gasteiger partial charge in [-0.2, -0.15) is 0 Å². The summed E-state index contributed by atoms with van der Waals surface area (Å²) in [5.74, 6) is -0.963. The summed E-state index contributed by atoms with van der Waals surface area (Å²) in [6.07, 6.45) is 3.66. The van der Waals surface area contributed by atoms with Gasteiger partial charge in [-0.25, -0.2) is 9.69 Å². The smallest absolute Gasteiger partial charge is 0.335 e. The van der Waals surface area contributed by atoms with Gasteiger partial charge < -0.3 is 4.90 Å². The first-order valence-electron chi connectivity index (χ1n) is 11.6. The van der Waals surface area contributed by atoms with Gasteiger partial charge in [0.05, 0.1) is 5.69 Å². The molecule has 0 radical (unpaired) electrons. The summed E-state index contributed by atoms with van der Waals surface area (Å²) < 4.78 is 0.842. The second-order valence-electron chi connectivity index (χ2n) is 9.78. The van der Waals surface area contributed by atoms with Crippen LogP contribution in [0, 0.1) is 6.92 Å². The highest BCUT2D eigenvalue weighted by atomic mass is 79.9. The number of anilines is 2. The zero-order chi connectivity index (χ0) is 24.8. The Bertz CT molecular complexity index is 1220. The molecule has 34 heavy (non-hydrogen) atoms. The highest BCUT2D eigenvalue weighted by Crippen LogP contribution is 2.44. The molecule has 0 aliphatic carbocycles. The van der Waals surface area contributed by atoms with E-state index in [1.165, 1.54) is 11.3 Å². The van der Waals surface area contributed by atoms with Gasteiger partial charge in [0, 0.05) is 22.2 Å². The summed E-state index contributed by atoms with van der Waals surface area (Å²) in [6, 6.07) is 10.6. The Hall–Kier alpha value is -2.93. The number of carbonyl (C=O) groups excluding carboxylic acids is 3. The van der Waals surface area contributed by atoms with Crippen LogP contribution in [0.25, 0.3) is 6.08 Å². The number of benzene rings is 2. The Labute approximate surface area is 209 Å². The van der Waals surface area contributed by atoms with Crippen molar-refractivity contribution in [2.45, 2.75) is 58.9 Å². The fourth-order valence-electron chi connectivity index (χ4n) is 5.16. The Morgan fingerprint density at radius 1 is 1.12 bits per heavy atom. The molecule has 0 aromatic heterocycles. The van der Waals surface area contributed by atoms with Gasteiger partial charge in [0.2, 0.25) is 0 Å². The summed E-state index contributed by atoms with van der Waals surface area (Å²) in [5, 5.41) is 2.32. The largest absolute Gasteiger partial charge is 0.366 e. The molecule has 4 amide bonds. The van der Waals surface area contributed by atoms with Crippen molar-refractivity contribution in [2.75, 3.05) is 16.3 Å². The quantitative estimate of drug-likeness (QED) is 0.398. The van der Waals surface area contributed by atoms with E-state index < -0.39 is 17.8 Å². The number of aryl methyl sites for hydroxylation is 1. The van der Waals surface area contributed by atoms with Crippen LogP contribution in [0.4, 0.5) is 16.2 Å². The van der Waals surface area contributed by atoms with Crippen LogP contribution in [0.2, 0.25) is 0 Å². The minimum Gasteiger partial charge on any atom is -0.366 e. The number of nitrogens with one attached hydrogen (secondary N) is 1. The number of carbonyl (C=O) groups is 3. The Morgan fingerprint density at radius 2 is 1.82 bits per heavy atom. The molecule has 2 aliphatic heterocycles. The Balaban J connectivity index is 1.73. The van der Waals surface area contributed by atoms with Gasteiger partial charge in [-0.3, -0.25) is 14.9 Å². The first kappa shape index (κ1) is 24.2. The monoisotopic (exact) mass is 523 g/mol. The third-order valence-corrected chi connectivity index (χ3v) is 7.16. The number of barbiturate groups is 1. The van der Waals surface area contributed by atoms with Crippen molar-refractivity contribution in [2.24, 2.45) is 0 Å². The lowest BCUT2D eigenvalue weighted by Crippen LogP contribution is -2.54. The van der Waals surface area contributed by atoms with E-state index in [0.717, 1.165) is 39.9 Å². The van der Waals surface area contributed by atoms with Crippen molar-refractivity contribution in [1.82, 2.24) is 5.32 Å². The molecule has 0 spiro atoms. The number of hydrogen-bond donors (Lipinski definition) is 1. The molecule has 2 aliphatic rings. The number of amides is 4. The summed E-state index contributed by atoms with van der Waals surface area (Å²) >= 11 is 3.40. The molecule has 1 N–H and O–H groups in total. The summed E-state index contributed by atoms with van der Waals surface area (Å²) in [5.41, 5.74) is 4.37. The van der Waals surface area contributed by atoms with Crippen molar-refractivity contribution in [3.05, 3.63) is 63.1 Å². The van der Waals surface area contributed by atoms with E-state index in [1.54, 1.807) is 18.2 Å². The van der Waals surface area contributed by atoms with Gasteiger partial charge in [-0.1, -0.05) is 35.8 Å². The van der Waals surface area contributed by atoms with E-state index in [1.807, 2.05) is 19.1 Å². The SMILES string of the molecule is CCCN1c2ccc(/C=C3/C(=O)NC(=O)N(c4ccc(Br)cc4C)C3=O)cc2C(C)CC1(C)C. The predicted octanol–water partition coefficient (Wildman–Crippen LogP) is 5.93. The van der Waals surface area contributed by atoms with Crippen molar-refractivity contribution in [3.63, 3.8) is 0 Å². The molecule has 0 saturated carbocycles. The number of fused-ring (bicyclic) bond motifs is 1. The van der Waals surface area contributed by atoms with E-state index in [9.17, 15) is 14.4 Å². The highest BCUT2D eigenvalue weighted by Gasteiger charge is 2.38. The molecule has 1 fully saturated rings. The molecule has 2 aromatic carbocycles. The van der Waals surface area contributed by atoms with E-state index in [4.69, 9.17) is 0 Å². The fourth-order valence-corrected chi connectivity index (χ4v) is 5.63. The van der Waals surface area contributed by atoms with Gasteiger partial charge in [-0.05, 0) is 92.6 Å². The molecule has 2 heterocycles. The molecule has 0 bridgehead atoms. The summed E-state index contributed by atoms with van der Waals surface area (Å²) in [6.45, 7) is 11.7. The second-order valence-corrected chi connectivity index (χ2v) is 10.7. The topological polar surface area (TPSA) is 69.7 Å². The lowest BCUT2D eigenvalue weighted by Gasteiger charge is -2.47. The molecular weight excluding hydrogens is 494 g/mol. The minimum absolute atomic E-state index is 0.0592. The normalized spacial score (nSPS) is 21.1. The van der Waals surface area contributed by atoms with Gasteiger partial charge in [0.25, 0.3) is 11.8 Å². The van der Waals surface area contributed by atoms with E-state index in [0.29, 0.717) is 11.6 Å². The van der Waals surface area contributed by atoms with Gasteiger partial charge in [0.15, 0.2) is 0 Å². The average Bonchev–Trinajstić information content (AvgIpc) is 2.75. The Kier molecular flexibility index (Phi) is 6.42. The number of halogens is 1. The van der Waals surface area contributed by atoms with Gasteiger partial charge in [0.1, 0.15) is 5.57 Å². The van der Waals surface area contributed by atoms with Crippen LogP contribution in [0.3, 0.4) is 0 Å². The summed E-state index contributed by atoms with van der Waals surface area (Å²) in [4.78, 5) is 42.0. The average molecular weight is 524 g/mol. The number of nitrogens with zero attached hydrogens (tertiary/aromatic N) is 2. The highest BCUT2D eigenvalue weighted by molar-refractivity contribution is 9.10. The van der Waals surface area contributed by atoms with E-state index in [-0.39, 0.29) is 11.1 Å². The minimum atomic E-state index is -0.742. The van der Waals surface area contributed by atoms with Crippen molar-refractivity contribution < 1.29 is 14.4 Å². The zero-order valence-electron chi connectivity index (χ0n) is 20.2. The molecule has 2 aromatic rings. The maximum atomic E-state index is 13.3. The lowest BCUT2D eigenvalue weighted by atomic mass is 9.79. The molecule has 178 valence electrons. The third kappa shape index (κ3) is 4.29. The van der Waals surface area contributed by atoms with Gasteiger partial charge >= 0.3 is 6.03 Å². The standard InChI is InChI=1S/C27H30BrN3O3/c1-6-11-30-23-9-7-18(13-20(23)17(3)15-27(30,4)5)14-21-24(32)29-26(34)31(25(21)33)22-10-8-19(28)12-16(22)2/h7-10,12-14,17H,6,11,15H2,1-5H3,(H,29,32,34)/b21-14-. The van der Waals surface area contributed by atoms with Gasteiger partial charge in [-0.15, -0.1) is 0 Å². The van der Waals surface area contributed by atoms with Crippen LogP contribution in [-0.2, 0) is 9.59 Å². The van der Waals surface area contributed by atoms with E-state index >= 15 is 0 Å². The van der Waals surface area contributed by atoms with Crippen molar-refractivity contribution in [3.8, 4) is 0 Å². The number of imide groups is 2. The maximum absolute atomic E-state index is 13.3. The van der Waals surface area contributed by atoms with E-state index in [2.05, 4.69) is 66.0 Å². The number of rotatable bonds is 4. The zero-order valence-corrected chi connectivity index (χ0v) is 21.8. The van der Waals surface area contributed by atoms with Crippen LogP contribution >= 0.6 is 15.9 Å². The number of urea groups is 1. The fraction of sp³-hybridized carbons (Fsp3) is 0.370.